The van der Waals surface area contributed by atoms with Crippen LogP contribution < -0.4 is 5.73 Å². The molecule has 0 radical (unpaired) electrons. The molecule has 1 rings (SSSR count). The quantitative estimate of drug-likeness (QED) is 0.490. The van der Waals surface area contributed by atoms with Gasteiger partial charge >= 0.3 is 18.3 Å². The molecule has 0 aliphatic carbocycles. The minimum Gasteiger partial charge on any atom is -0.465 e. The fourth-order valence-corrected chi connectivity index (χ4v) is 1.37. The predicted octanol–water partition coefficient (Wildman–Crippen LogP) is 3.09. The lowest BCUT2D eigenvalue weighted by atomic mass is 10.0. The Morgan fingerprint density at radius 3 is 1.84 bits per heavy atom. The molecule has 0 aliphatic rings. The van der Waals surface area contributed by atoms with Gasteiger partial charge in [-0.05, 0) is 12.1 Å². The zero-order valence-electron chi connectivity index (χ0n) is 9.32. The van der Waals surface area contributed by atoms with Gasteiger partial charge in [-0.25, -0.2) is 4.79 Å². The number of hydrogen-bond acceptors (Lipinski definition) is 3. The van der Waals surface area contributed by atoms with Crippen molar-refractivity contribution in [3.05, 3.63) is 28.8 Å². The third-order valence-corrected chi connectivity index (χ3v) is 2.21. The number of ether oxygens (including phenoxy) is 1. The highest BCUT2D eigenvalue weighted by Gasteiger charge is 2.44. The Kier molecular flexibility index (Phi) is 3.69. The number of benzene rings is 1. The van der Waals surface area contributed by atoms with Gasteiger partial charge in [0.15, 0.2) is 0 Å². The summed E-state index contributed by atoms with van der Waals surface area (Å²) in [5.41, 5.74) is -0.325. The van der Waals surface area contributed by atoms with Crippen molar-refractivity contribution in [2.45, 2.75) is 12.4 Å². The van der Waals surface area contributed by atoms with E-state index in [1.165, 1.54) is 0 Å². The molecule has 0 aliphatic heterocycles. The first-order valence-corrected chi connectivity index (χ1v) is 4.64. The molecule has 2 N–H and O–H groups in total. The van der Waals surface area contributed by atoms with Crippen LogP contribution in [0.3, 0.4) is 0 Å². The van der Waals surface area contributed by atoms with E-state index in [0.29, 0.717) is 0 Å². The van der Waals surface area contributed by atoms with E-state index in [1.807, 2.05) is 0 Å². The topological polar surface area (TPSA) is 52.3 Å². The second-order valence-corrected chi connectivity index (χ2v) is 3.47. The molecule has 0 spiro atoms. The molecule has 0 heterocycles. The van der Waals surface area contributed by atoms with Gasteiger partial charge in [0.05, 0.1) is 23.8 Å². The standard InChI is InChI=1S/C10H7F6NO2/c1-19-8(18)4-2-5(9(11,12)13)6(3-7(4)17)10(14,15)16/h2-3H,17H2,1H3. The molecule has 19 heavy (non-hydrogen) atoms. The summed E-state index contributed by atoms with van der Waals surface area (Å²) >= 11 is 0. The van der Waals surface area contributed by atoms with Crippen LogP contribution in [0.4, 0.5) is 32.0 Å². The van der Waals surface area contributed by atoms with Crippen LogP contribution in [0.5, 0.6) is 0 Å². The first-order chi connectivity index (χ1) is 8.48. The summed E-state index contributed by atoms with van der Waals surface area (Å²) in [5, 5.41) is 0. The number of esters is 1. The van der Waals surface area contributed by atoms with Crippen molar-refractivity contribution in [2.24, 2.45) is 0 Å². The summed E-state index contributed by atoms with van der Waals surface area (Å²) in [4.78, 5) is 11.1. The van der Waals surface area contributed by atoms with E-state index in [4.69, 9.17) is 5.73 Å². The van der Waals surface area contributed by atoms with E-state index in [2.05, 4.69) is 4.74 Å². The second kappa shape index (κ2) is 4.63. The van der Waals surface area contributed by atoms with Gasteiger partial charge in [-0.2, -0.15) is 26.3 Å². The number of hydrogen-bond donors (Lipinski definition) is 1. The summed E-state index contributed by atoms with van der Waals surface area (Å²) in [6.45, 7) is 0. The van der Waals surface area contributed by atoms with Gasteiger partial charge in [-0.15, -0.1) is 0 Å². The molecule has 1 aromatic rings. The summed E-state index contributed by atoms with van der Waals surface area (Å²) in [5.74, 6) is -1.25. The van der Waals surface area contributed by atoms with Gasteiger partial charge in [0.1, 0.15) is 0 Å². The highest BCUT2D eigenvalue weighted by molar-refractivity contribution is 5.95. The third kappa shape index (κ3) is 3.09. The highest BCUT2D eigenvalue weighted by atomic mass is 19.4. The van der Waals surface area contributed by atoms with Gasteiger partial charge in [-0.3, -0.25) is 0 Å². The molecule has 0 atom stereocenters. The lowest BCUT2D eigenvalue weighted by Crippen LogP contribution is -2.19. The molecule has 3 nitrogen and oxygen atoms in total. The molecular formula is C10H7F6NO2. The van der Waals surface area contributed by atoms with Crippen molar-refractivity contribution < 1.29 is 35.9 Å². The van der Waals surface area contributed by atoms with E-state index >= 15 is 0 Å². The molecule has 0 fully saturated rings. The Hall–Kier alpha value is -1.93. The summed E-state index contributed by atoms with van der Waals surface area (Å²) in [7, 11) is 0.868. The van der Waals surface area contributed by atoms with Crippen molar-refractivity contribution in [1.29, 1.82) is 0 Å². The van der Waals surface area contributed by atoms with Crippen LogP contribution in [0.1, 0.15) is 21.5 Å². The van der Waals surface area contributed by atoms with Crippen molar-refractivity contribution in [3.63, 3.8) is 0 Å². The Bertz CT molecular complexity index is 506. The zero-order chi connectivity index (χ0) is 15.0. The van der Waals surface area contributed by atoms with Crippen LogP contribution in [0.15, 0.2) is 12.1 Å². The van der Waals surface area contributed by atoms with Gasteiger partial charge in [-0.1, -0.05) is 0 Å². The normalized spacial score (nSPS) is 12.4. The Labute approximate surface area is 102 Å². The van der Waals surface area contributed by atoms with E-state index in [1.54, 1.807) is 0 Å². The number of anilines is 1. The van der Waals surface area contributed by atoms with E-state index in [0.717, 1.165) is 7.11 Å². The molecule has 0 amide bonds. The van der Waals surface area contributed by atoms with Crippen molar-refractivity contribution >= 4 is 11.7 Å². The van der Waals surface area contributed by atoms with Crippen LogP contribution in [0, 0.1) is 0 Å². The maximum absolute atomic E-state index is 12.6. The molecule has 106 valence electrons. The van der Waals surface area contributed by atoms with Crippen molar-refractivity contribution in [1.82, 2.24) is 0 Å². The SMILES string of the molecule is COC(=O)c1cc(C(F)(F)F)c(C(F)(F)F)cc1N. The molecule has 1 aromatic carbocycles. The fraction of sp³-hybridized carbons (Fsp3) is 0.300. The van der Waals surface area contributed by atoms with Crippen LogP contribution in [0.2, 0.25) is 0 Å². The number of rotatable bonds is 1. The maximum atomic E-state index is 12.6. The Balaban J connectivity index is 3.61. The number of alkyl halides is 6. The van der Waals surface area contributed by atoms with Crippen molar-refractivity contribution in [2.75, 3.05) is 12.8 Å². The molecule has 0 aromatic heterocycles. The van der Waals surface area contributed by atoms with E-state index in [9.17, 15) is 31.1 Å². The molecular weight excluding hydrogens is 280 g/mol. The smallest absolute Gasteiger partial charge is 0.417 e. The monoisotopic (exact) mass is 287 g/mol. The second-order valence-electron chi connectivity index (χ2n) is 3.47. The number of halogens is 6. The summed E-state index contributed by atoms with van der Waals surface area (Å²) in [6, 6.07) is 0.0963. The van der Waals surface area contributed by atoms with Gasteiger partial charge in [0, 0.05) is 5.69 Å². The number of nitrogens with two attached hydrogens (primary N) is 1. The molecule has 0 saturated heterocycles. The summed E-state index contributed by atoms with van der Waals surface area (Å²) in [6.07, 6.45) is -10.5. The predicted molar refractivity (Wildman–Crippen MR) is 52.2 cm³/mol. The number of carbonyl (C=O) groups is 1. The van der Waals surface area contributed by atoms with Crippen LogP contribution in [0.25, 0.3) is 0 Å². The molecule has 0 saturated carbocycles. The number of methoxy groups -OCH3 is 1. The Morgan fingerprint density at radius 2 is 1.47 bits per heavy atom. The molecule has 0 bridgehead atoms. The third-order valence-electron chi connectivity index (χ3n) is 2.21. The lowest BCUT2D eigenvalue weighted by Gasteiger charge is -2.17. The van der Waals surface area contributed by atoms with E-state index in [-0.39, 0.29) is 12.1 Å². The minimum atomic E-state index is -5.28. The van der Waals surface area contributed by atoms with E-state index < -0.39 is 40.7 Å². The average molecular weight is 287 g/mol. The number of nitrogen functional groups attached to an aromatic ring is 1. The van der Waals surface area contributed by atoms with Gasteiger partial charge < -0.3 is 10.5 Å². The van der Waals surface area contributed by atoms with Crippen LogP contribution in [-0.4, -0.2) is 13.1 Å². The van der Waals surface area contributed by atoms with Crippen molar-refractivity contribution in [3.8, 4) is 0 Å². The molecule has 9 heteroatoms. The van der Waals surface area contributed by atoms with Crippen LogP contribution >= 0.6 is 0 Å². The maximum Gasteiger partial charge on any atom is 0.417 e. The zero-order valence-corrected chi connectivity index (χ0v) is 9.32. The summed E-state index contributed by atoms with van der Waals surface area (Å²) < 4.78 is 79.3. The fourth-order valence-electron chi connectivity index (χ4n) is 1.37. The van der Waals surface area contributed by atoms with Gasteiger partial charge in [0.25, 0.3) is 0 Å². The number of carbonyl (C=O) groups excluding carboxylic acids is 1. The lowest BCUT2D eigenvalue weighted by molar-refractivity contribution is -0.162. The first-order valence-electron chi connectivity index (χ1n) is 4.64. The highest BCUT2D eigenvalue weighted by Crippen LogP contribution is 2.42. The molecule has 0 unspecified atom stereocenters. The minimum absolute atomic E-state index is 0.0317. The average Bonchev–Trinajstić information content (AvgIpc) is 2.24. The first kappa shape index (κ1) is 15.1. The Morgan fingerprint density at radius 1 is 1.05 bits per heavy atom. The van der Waals surface area contributed by atoms with Crippen LogP contribution in [-0.2, 0) is 17.1 Å². The van der Waals surface area contributed by atoms with Gasteiger partial charge in [0.2, 0.25) is 0 Å². The largest absolute Gasteiger partial charge is 0.465 e.